The minimum Gasteiger partial charge on any atom is -0.356 e. The fourth-order valence-electron chi connectivity index (χ4n) is 3.17. The van der Waals surface area contributed by atoms with Gasteiger partial charge in [0.05, 0.1) is 5.01 Å². The number of nitrogens with zero attached hydrogens (tertiary/aromatic N) is 3. The van der Waals surface area contributed by atoms with Gasteiger partial charge in [-0.1, -0.05) is 24.3 Å². The highest BCUT2D eigenvalue weighted by molar-refractivity contribution is 14.0. The van der Waals surface area contributed by atoms with Gasteiger partial charge in [-0.3, -0.25) is 9.79 Å². The maximum atomic E-state index is 11.9. The molecule has 152 valence electrons. The molecule has 28 heavy (non-hydrogen) atoms. The van der Waals surface area contributed by atoms with Crippen LogP contribution < -0.4 is 10.6 Å². The van der Waals surface area contributed by atoms with E-state index in [2.05, 4.69) is 39.7 Å². The molecule has 2 N–H and O–H groups in total. The Kier molecular flexibility index (Phi) is 9.17. The summed E-state index contributed by atoms with van der Waals surface area (Å²) in [6.07, 6.45) is 4.44. The number of benzene rings is 1. The molecule has 1 aromatic heterocycles. The summed E-state index contributed by atoms with van der Waals surface area (Å²) in [5, 5.41) is 7.85. The summed E-state index contributed by atoms with van der Waals surface area (Å²) in [4.78, 5) is 23.8. The van der Waals surface area contributed by atoms with E-state index in [1.807, 2.05) is 23.2 Å². The normalized spacial score (nSPS) is 14.1. The first-order valence-corrected chi connectivity index (χ1v) is 10.2. The fourth-order valence-corrected chi connectivity index (χ4v) is 3.95. The number of carbonyl (C=O) groups excluding carboxylic acids is 1. The molecule has 0 atom stereocenters. The van der Waals surface area contributed by atoms with E-state index in [0.29, 0.717) is 19.5 Å². The van der Waals surface area contributed by atoms with Crippen LogP contribution in [0.25, 0.3) is 0 Å². The number of aliphatic imine (C=N–C) groups is 1. The highest BCUT2D eigenvalue weighted by atomic mass is 127. The van der Waals surface area contributed by atoms with E-state index in [9.17, 15) is 4.79 Å². The average molecular weight is 513 g/mol. The van der Waals surface area contributed by atoms with Gasteiger partial charge in [0.15, 0.2) is 5.96 Å². The Bertz CT molecular complexity index is 807. The van der Waals surface area contributed by atoms with Crippen molar-refractivity contribution >= 4 is 47.2 Å². The Morgan fingerprint density at radius 3 is 2.71 bits per heavy atom. The SMILES string of the molecule is CN=C(NCCc1ncc(C)s1)NCc1ccccc1CN1CCCC1=O.I. The summed E-state index contributed by atoms with van der Waals surface area (Å²) < 4.78 is 0. The number of nitrogens with one attached hydrogen (secondary N) is 2. The molecule has 1 fully saturated rings. The molecule has 0 saturated carbocycles. The second-order valence-corrected chi connectivity index (χ2v) is 7.97. The van der Waals surface area contributed by atoms with Gasteiger partial charge in [0.1, 0.15) is 0 Å². The van der Waals surface area contributed by atoms with Gasteiger partial charge >= 0.3 is 0 Å². The van der Waals surface area contributed by atoms with E-state index in [4.69, 9.17) is 0 Å². The van der Waals surface area contributed by atoms with Gasteiger partial charge in [0.25, 0.3) is 0 Å². The van der Waals surface area contributed by atoms with Crippen LogP contribution in [0.2, 0.25) is 0 Å². The highest BCUT2D eigenvalue weighted by Gasteiger charge is 2.20. The minimum absolute atomic E-state index is 0. The maximum absolute atomic E-state index is 11.9. The lowest BCUT2D eigenvalue weighted by atomic mass is 10.1. The number of hydrogen-bond donors (Lipinski definition) is 2. The molecule has 0 unspecified atom stereocenters. The first-order valence-electron chi connectivity index (χ1n) is 9.36. The molecule has 0 radical (unpaired) electrons. The molecule has 1 aliphatic heterocycles. The summed E-state index contributed by atoms with van der Waals surface area (Å²) >= 11 is 1.73. The summed E-state index contributed by atoms with van der Waals surface area (Å²) in [5.41, 5.74) is 2.38. The van der Waals surface area contributed by atoms with Crippen molar-refractivity contribution in [2.75, 3.05) is 20.1 Å². The summed E-state index contributed by atoms with van der Waals surface area (Å²) in [5.74, 6) is 1.03. The third-order valence-electron chi connectivity index (χ3n) is 4.62. The lowest BCUT2D eigenvalue weighted by Crippen LogP contribution is -2.38. The number of aromatic nitrogens is 1. The molecular formula is C20H28IN5OS. The number of amides is 1. The van der Waals surface area contributed by atoms with Crippen molar-refractivity contribution < 1.29 is 4.79 Å². The summed E-state index contributed by atoms with van der Waals surface area (Å²) in [6.45, 7) is 5.08. The first kappa shape index (κ1) is 22.6. The molecule has 1 saturated heterocycles. The van der Waals surface area contributed by atoms with Gasteiger partial charge in [0.2, 0.25) is 5.91 Å². The number of thiazole rings is 1. The summed E-state index contributed by atoms with van der Waals surface area (Å²) in [6, 6.07) is 8.27. The van der Waals surface area contributed by atoms with Crippen LogP contribution in [0.1, 0.15) is 33.9 Å². The van der Waals surface area contributed by atoms with Gasteiger partial charge in [-0.15, -0.1) is 35.3 Å². The molecule has 1 amide bonds. The van der Waals surface area contributed by atoms with Crippen LogP contribution in [0.4, 0.5) is 0 Å². The summed E-state index contributed by atoms with van der Waals surface area (Å²) in [7, 11) is 1.78. The Labute approximate surface area is 187 Å². The Morgan fingerprint density at radius 2 is 2.07 bits per heavy atom. The number of likely N-dealkylation sites (tertiary alicyclic amines) is 1. The Morgan fingerprint density at radius 1 is 1.29 bits per heavy atom. The van der Waals surface area contributed by atoms with E-state index >= 15 is 0 Å². The lowest BCUT2D eigenvalue weighted by Gasteiger charge is -2.19. The van der Waals surface area contributed by atoms with E-state index < -0.39 is 0 Å². The standard InChI is InChI=1S/C20H27N5OS.HI/c1-15-12-23-18(27-15)9-10-22-20(21-2)24-13-16-6-3-4-7-17(16)14-25-11-5-8-19(25)26;/h3-4,6-7,12H,5,8-11,13-14H2,1-2H3,(H2,21,22,24);1H. The van der Waals surface area contributed by atoms with Crippen LogP contribution >= 0.6 is 35.3 Å². The second kappa shape index (κ2) is 11.4. The van der Waals surface area contributed by atoms with Crippen molar-refractivity contribution in [1.29, 1.82) is 0 Å². The van der Waals surface area contributed by atoms with E-state index in [1.54, 1.807) is 18.4 Å². The Balaban J connectivity index is 0.00000280. The number of aryl methyl sites for hydroxylation is 1. The van der Waals surface area contributed by atoms with Crippen LogP contribution in [0.3, 0.4) is 0 Å². The third-order valence-corrected chi connectivity index (χ3v) is 5.59. The highest BCUT2D eigenvalue weighted by Crippen LogP contribution is 2.17. The molecule has 2 aromatic rings. The zero-order valence-electron chi connectivity index (χ0n) is 16.4. The minimum atomic E-state index is 0. The smallest absolute Gasteiger partial charge is 0.222 e. The molecule has 2 heterocycles. The first-order chi connectivity index (χ1) is 13.2. The van der Waals surface area contributed by atoms with Gasteiger partial charge < -0.3 is 15.5 Å². The fraction of sp³-hybridized carbons (Fsp3) is 0.450. The molecule has 1 aliphatic rings. The van der Waals surface area contributed by atoms with Gasteiger partial charge in [0, 0.05) is 57.1 Å². The van der Waals surface area contributed by atoms with Crippen molar-refractivity contribution in [2.45, 2.75) is 39.3 Å². The van der Waals surface area contributed by atoms with E-state index in [1.165, 1.54) is 16.0 Å². The van der Waals surface area contributed by atoms with Crippen molar-refractivity contribution in [3.8, 4) is 0 Å². The van der Waals surface area contributed by atoms with E-state index in [-0.39, 0.29) is 29.9 Å². The van der Waals surface area contributed by atoms with E-state index in [0.717, 1.165) is 36.9 Å². The molecule has 0 aliphatic carbocycles. The predicted molar refractivity (Wildman–Crippen MR) is 125 cm³/mol. The molecule has 0 spiro atoms. The largest absolute Gasteiger partial charge is 0.356 e. The molecule has 0 bridgehead atoms. The monoisotopic (exact) mass is 513 g/mol. The average Bonchev–Trinajstić information content (AvgIpc) is 3.27. The molecular weight excluding hydrogens is 485 g/mol. The van der Waals surface area contributed by atoms with Crippen molar-refractivity contribution in [1.82, 2.24) is 20.5 Å². The zero-order valence-corrected chi connectivity index (χ0v) is 19.5. The topological polar surface area (TPSA) is 69.6 Å². The number of rotatable bonds is 7. The molecule has 8 heteroatoms. The van der Waals surface area contributed by atoms with Gasteiger partial charge in [-0.2, -0.15) is 0 Å². The molecule has 3 rings (SSSR count). The van der Waals surface area contributed by atoms with Crippen molar-refractivity contribution in [3.05, 3.63) is 51.5 Å². The number of halogens is 1. The third kappa shape index (κ3) is 6.44. The number of hydrogen-bond acceptors (Lipinski definition) is 4. The Hall–Kier alpha value is -1.68. The van der Waals surface area contributed by atoms with Crippen molar-refractivity contribution in [2.24, 2.45) is 4.99 Å². The van der Waals surface area contributed by atoms with Crippen LogP contribution in [-0.4, -0.2) is 41.9 Å². The zero-order chi connectivity index (χ0) is 19.1. The van der Waals surface area contributed by atoms with Crippen LogP contribution in [0.15, 0.2) is 35.5 Å². The quantitative estimate of drug-likeness (QED) is 0.339. The van der Waals surface area contributed by atoms with Gasteiger partial charge in [-0.05, 0) is 24.5 Å². The lowest BCUT2D eigenvalue weighted by molar-refractivity contribution is -0.128. The van der Waals surface area contributed by atoms with Crippen LogP contribution in [-0.2, 0) is 24.3 Å². The second-order valence-electron chi connectivity index (χ2n) is 6.65. The molecule has 6 nitrogen and oxygen atoms in total. The van der Waals surface area contributed by atoms with Gasteiger partial charge in [-0.25, -0.2) is 4.98 Å². The predicted octanol–water partition coefficient (Wildman–Crippen LogP) is 3.10. The van der Waals surface area contributed by atoms with Crippen molar-refractivity contribution in [3.63, 3.8) is 0 Å². The molecule has 1 aromatic carbocycles. The number of guanidine groups is 1. The van der Waals surface area contributed by atoms with Crippen LogP contribution in [0, 0.1) is 6.92 Å². The maximum Gasteiger partial charge on any atom is 0.222 e. The van der Waals surface area contributed by atoms with Crippen LogP contribution in [0.5, 0.6) is 0 Å². The number of carbonyl (C=O) groups is 1.